The molecule has 0 spiro atoms. The smallest absolute Gasteiger partial charge is 0.200 e. The second-order valence-electron chi connectivity index (χ2n) is 4.27. The molecule has 1 aromatic heterocycles. The average Bonchev–Trinajstić information content (AvgIpc) is 2.69. The van der Waals surface area contributed by atoms with Crippen LogP contribution in [0.3, 0.4) is 0 Å². The number of fused-ring (bicyclic) bond motifs is 1. The number of rotatable bonds is 2. The quantitative estimate of drug-likeness (QED) is 0.755. The molecule has 18 heavy (non-hydrogen) atoms. The minimum absolute atomic E-state index is 0.307. The van der Waals surface area contributed by atoms with Gasteiger partial charge in [-0.25, -0.2) is 0 Å². The largest absolute Gasteiger partial charge is 0.494 e. The summed E-state index contributed by atoms with van der Waals surface area (Å²) in [6, 6.07) is 16.0. The molecule has 3 rings (SSSR count). The highest BCUT2D eigenvalue weighted by Crippen LogP contribution is 2.33. The molecule has 0 aliphatic heterocycles. The van der Waals surface area contributed by atoms with Crippen molar-refractivity contribution in [2.24, 2.45) is 0 Å². The fraction of sp³-hybridized carbons (Fsp3) is 0.0667. The molecule has 0 fully saturated rings. The van der Waals surface area contributed by atoms with Gasteiger partial charge in [0.15, 0.2) is 0 Å². The Kier molecular flexibility index (Phi) is 2.84. The van der Waals surface area contributed by atoms with Gasteiger partial charge in [0.05, 0.1) is 11.9 Å². The molecule has 1 heterocycles. The molecule has 1 N–H and O–H groups in total. The van der Waals surface area contributed by atoms with Gasteiger partial charge in [-0.3, -0.25) is 0 Å². The van der Waals surface area contributed by atoms with E-state index in [4.69, 9.17) is 0 Å². The van der Waals surface area contributed by atoms with E-state index in [9.17, 15) is 5.11 Å². The third-order valence-corrected chi connectivity index (χ3v) is 3.69. The van der Waals surface area contributed by atoms with E-state index in [1.54, 1.807) is 0 Å². The molecule has 0 saturated carbocycles. The lowest BCUT2D eigenvalue weighted by molar-refractivity contribution is 0.430. The molecule has 0 bridgehead atoms. The normalized spacial score (nSPS) is 10.9. The Morgan fingerprint density at radius 3 is 2.50 bits per heavy atom. The Morgan fingerprint density at radius 1 is 1.00 bits per heavy atom. The molecule has 2 nitrogen and oxygen atoms in total. The van der Waals surface area contributed by atoms with Crippen molar-refractivity contribution in [3.63, 3.8) is 0 Å². The summed E-state index contributed by atoms with van der Waals surface area (Å²) < 4.78 is 2.79. The molecular formula is C15H12BrNO. The van der Waals surface area contributed by atoms with E-state index in [0.29, 0.717) is 12.4 Å². The first-order valence-electron chi connectivity index (χ1n) is 5.76. The Hall–Kier alpha value is -1.74. The lowest BCUT2D eigenvalue weighted by Crippen LogP contribution is -1.96. The maximum Gasteiger partial charge on any atom is 0.200 e. The Balaban J connectivity index is 2.08. The average molecular weight is 302 g/mol. The fourth-order valence-electron chi connectivity index (χ4n) is 2.16. The summed E-state index contributed by atoms with van der Waals surface area (Å²) in [6.07, 6.45) is 1.97. The van der Waals surface area contributed by atoms with E-state index in [1.165, 1.54) is 5.56 Å². The molecule has 0 atom stereocenters. The Bertz CT molecular complexity index is 688. The molecule has 0 aliphatic rings. The second-order valence-corrected chi connectivity index (χ2v) is 5.12. The summed E-state index contributed by atoms with van der Waals surface area (Å²) in [6.45, 7) is 0.674. The van der Waals surface area contributed by atoms with Crippen LogP contribution in [0.1, 0.15) is 5.56 Å². The van der Waals surface area contributed by atoms with Crippen molar-refractivity contribution >= 4 is 26.7 Å². The number of benzene rings is 2. The SMILES string of the molecule is Oc1c2c(Br)cccc2cn1Cc1ccccc1. The van der Waals surface area contributed by atoms with Crippen LogP contribution >= 0.6 is 15.9 Å². The summed E-state index contributed by atoms with van der Waals surface area (Å²) in [5, 5.41) is 12.2. The number of hydrogen-bond acceptors (Lipinski definition) is 1. The molecular weight excluding hydrogens is 290 g/mol. The van der Waals surface area contributed by atoms with Crippen LogP contribution in [0.2, 0.25) is 0 Å². The topological polar surface area (TPSA) is 25.2 Å². The standard InChI is InChI=1S/C15H12BrNO/c16-13-8-4-7-12-10-17(15(18)14(12)13)9-11-5-2-1-3-6-11/h1-8,10,18H,9H2. The maximum atomic E-state index is 10.3. The predicted molar refractivity (Wildman–Crippen MR) is 76.8 cm³/mol. The molecule has 0 aliphatic carbocycles. The van der Waals surface area contributed by atoms with Crippen LogP contribution in [0, 0.1) is 0 Å². The molecule has 2 aromatic carbocycles. The van der Waals surface area contributed by atoms with Crippen molar-refractivity contribution in [2.75, 3.05) is 0 Å². The van der Waals surface area contributed by atoms with Crippen LogP contribution < -0.4 is 0 Å². The summed E-state index contributed by atoms with van der Waals surface area (Å²) in [4.78, 5) is 0. The van der Waals surface area contributed by atoms with Gasteiger partial charge in [-0.15, -0.1) is 0 Å². The monoisotopic (exact) mass is 301 g/mol. The van der Waals surface area contributed by atoms with Gasteiger partial charge < -0.3 is 9.67 Å². The molecule has 3 aromatic rings. The highest BCUT2D eigenvalue weighted by Gasteiger charge is 2.10. The predicted octanol–water partition coefficient (Wildman–Crippen LogP) is 4.16. The number of aromatic hydroxyl groups is 1. The van der Waals surface area contributed by atoms with Crippen molar-refractivity contribution in [3.8, 4) is 5.88 Å². The van der Waals surface area contributed by atoms with E-state index < -0.39 is 0 Å². The van der Waals surface area contributed by atoms with E-state index >= 15 is 0 Å². The highest BCUT2D eigenvalue weighted by molar-refractivity contribution is 9.10. The first kappa shape index (κ1) is 11.4. The summed E-state index contributed by atoms with van der Waals surface area (Å²) >= 11 is 3.47. The van der Waals surface area contributed by atoms with Crippen molar-refractivity contribution in [1.29, 1.82) is 0 Å². The first-order chi connectivity index (χ1) is 8.75. The van der Waals surface area contributed by atoms with Crippen LogP contribution in [0.25, 0.3) is 10.8 Å². The van der Waals surface area contributed by atoms with Gasteiger partial charge in [0, 0.05) is 16.1 Å². The number of halogens is 1. The highest BCUT2D eigenvalue weighted by atomic mass is 79.9. The van der Waals surface area contributed by atoms with E-state index in [1.807, 2.05) is 47.2 Å². The molecule has 0 saturated heterocycles. The Labute approximate surface area is 114 Å². The van der Waals surface area contributed by atoms with Gasteiger partial charge in [0.25, 0.3) is 0 Å². The van der Waals surface area contributed by atoms with Crippen LogP contribution in [-0.4, -0.2) is 9.67 Å². The minimum atomic E-state index is 0.307. The van der Waals surface area contributed by atoms with Gasteiger partial charge in [0.1, 0.15) is 0 Å². The zero-order valence-electron chi connectivity index (χ0n) is 9.68. The van der Waals surface area contributed by atoms with E-state index in [-0.39, 0.29) is 0 Å². The molecule has 3 heteroatoms. The van der Waals surface area contributed by atoms with Crippen LogP contribution in [0.15, 0.2) is 59.2 Å². The van der Waals surface area contributed by atoms with Gasteiger partial charge >= 0.3 is 0 Å². The number of aromatic nitrogens is 1. The third-order valence-electron chi connectivity index (χ3n) is 3.03. The van der Waals surface area contributed by atoms with Gasteiger partial charge in [-0.1, -0.05) is 42.5 Å². The van der Waals surface area contributed by atoms with Crippen molar-refractivity contribution in [3.05, 3.63) is 64.8 Å². The summed E-state index contributed by atoms with van der Waals surface area (Å²) in [7, 11) is 0. The van der Waals surface area contributed by atoms with Crippen LogP contribution in [-0.2, 0) is 6.54 Å². The van der Waals surface area contributed by atoms with E-state index in [0.717, 1.165) is 15.2 Å². The zero-order chi connectivity index (χ0) is 12.5. The lowest BCUT2D eigenvalue weighted by Gasteiger charge is -2.04. The third kappa shape index (κ3) is 1.91. The summed E-state index contributed by atoms with van der Waals surface area (Å²) in [5.74, 6) is 0.307. The number of hydrogen-bond donors (Lipinski definition) is 1. The fourth-order valence-corrected chi connectivity index (χ4v) is 2.72. The molecule has 0 radical (unpaired) electrons. The lowest BCUT2D eigenvalue weighted by atomic mass is 10.2. The van der Waals surface area contributed by atoms with Crippen molar-refractivity contribution in [2.45, 2.75) is 6.54 Å². The van der Waals surface area contributed by atoms with Gasteiger partial charge in [-0.2, -0.15) is 0 Å². The first-order valence-corrected chi connectivity index (χ1v) is 6.55. The van der Waals surface area contributed by atoms with Crippen LogP contribution in [0.5, 0.6) is 5.88 Å². The number of nitrogens with zero attached hydrogens (tertiary/aromatic N) is 1. The van der Waals surface area contributed by atoms with Gasteiger partial charge in [-0.05, 0) is 27.6 Å². The van der Waals surface area contributed by atoms with E-state index in [2.05, 4.69) is 28.1 Å². The van der Waals surface area contributed by atoms with Crippen molar-refractivity contribution in [1.82, 2.24) is 4.57 Å². The summed E-state index contributed by atoms with van der Waals surface area (Å²) in [5.41, 5.74) is 1.17. The molecule has 0 amide bonds. The second kappa shape index (κ2) is 4.50. The molecule has 0 unspecified atom stereocenters. The maximum absolute atomic E-state index is 10.3. The van der Waals surface area contributed by atoms with Gasteiger partial charge in [0.2, 0.25) is 5.88 Å². The van der Waals surface area contributed by atoms with Crippen molar-refractivity contribution < 1.29 is 5.11 Å². The van der Waals surface area contributed by atoms with Crippen LogP contribution in [0.4, 0.5) is 0 Å². The molecule has 90 valence electrons. The minimum Gasteiger partial charge on any atom is -0.494 e. The zero-order valence-corrected chi connectivity index (χ0v) is 11.3. The Morgan fingerprint density at radius 2 is 1.78 bits per heavy atom.